The van der Waals surface area contributed by atoms with Crippen molar-refractivity contribution >= 4 is 10.9 Å². The summed E-state index contributed by atoms with van der Waals surface area (Å²) in [4.78, 5) is 3.33. The van der Waals surface area contributed by atoms with Gasteiger partial charge in [-0.2, -0.15) is 0 Å². The molecule has 0 aliphatic carbocycles. The molecule has 1 saturated heterocycles. The topological polar surface area (TPSA) is 27.8 Å². The molecule has 1 aromatic heterocycles. The highest BCUT2D eigenvalue weighted by Gasteiger charge is 2.18. The molecular weight excluding hydrogens is 172 g/mol. The van der Waals surface area contributed by atoms with Gasteiger partial charge in [0.2, 0.25) is 0 Å². The molecule has 2 N–H and O–H groups in total. The van der Waals surface area contributed by atoms with E-state index in [4.69, 9.17) is 0 Å². The number of hydrogen-bond acceptors (Lipinski definition) is 1. The Balaban J connectivity index is 2.14. The zero-order valence-electron chi connectivity index (χ0n) is 8.09. The van der Waals surface area contributed by atoms with E-state index in [0.717, 1.165) is 6.54 Å². The lowest BCUT2D eigenvalue weighted by Crippen LogP contribution is -2.13. The molecule has 1 fully saturated rings. The van der Waals surface area contributed by atoms with Crippen LogP contribution in [0, 0.1) is 0 Å². The maximum absolute atomic E-state index is 3.53. The number of benzene rings is 1. The van der Waals surface area contributed by atoms with E-state index < -0.39 is 0 Å². The molecule has 3 rings (SSSR count). The molecule has 2 heteroatoms. The molecule has 1 unspecified atom stereocenters. The summed E-state index contributed by atoms with van der Waals surface area (Å²) in [7, 11) is 0. The minimum atomic E-state index is 0.553. The smallest absolute Gasteiger partial charge is 0.0502 e. The van der Waals surface area contributed by atoms with Gasteiger partial charge in [-0.15, -0.1) is 0 Å². The highest BCUT2D eigenvalue weighted by molar-refractivity contribution is 5.82. The van der Waals surface area contributed by atoms with Gasteiger partial charge in [-0.3, -0.25) is 0 Å². The van der Waals surface area contributed by atoms with Crippen molar-refractivity contribution in [2.24, 2.45) is 0 Å². The standard InChI is InChI=1S/C12H14N2/c1-3-9-6-8-14-12(9)10(4-1)11-5-2-7-13-11/h1,3-4,6,8,11,13-14H,2,5,7H2. The normalized spacial score (nSPS) is 21.9. The summed E-state index contributed by atoms with van der Waals surface area (Å²) in [6.07, 6.45) is 4.57. The predicted octanol–water partition coefficient (Wildman–Crippen LogP) is 2.59. The van der Waals surface area contributed by atoms with Crippen molar-refractivity contribution in [1.29, 1.82) is 0 Å². The van der Waals surface area contributed by atoms with E-state index in [2.05, 4.69) is 34.6 Å². The Morgan fingerprint density at radius 3 is 3.07 bits per heavy atom. The van der Waals surface area contributed by atoms with Crippen molar-refractivity contribution in [3.63, 3.8) is 0 Å². The van der Waals surface area contributed by atoms with Crippen LogP contribution >= 0.6 is 0 Å². The molecule has 1 aliphatic heterocycles. The lowest BCUT2D eigenvalue weighted by molar-refractivity contribution is 0.652. The van der Waals surface area contributed by atoms with E-state index in [0.29, 0.717) is 6.04 Å². The van der Waals surface area contributed by atoms with Gasteiger partial charge in [0.1, 0.15) is 0 Å². The quantitative estimate of drug-likeness (QED) is 0.704. The maximum atomic E-state index is 3.53. The lowest BCUT2D eigenvalue weighted by Gasteiger charge is -2.11. The first-order valence-electron chi connectivity index (χ1n) is 5.24. The van der Waals surface area contributed by atoms with E-state index in [-0.39, 0.29) is 0 Å². The van der Waals surface area contributed by atoms with E-state index in [1.54, 1.807) is 0 Å². The average Bonchev–Trinajstić information content (AvgIpc) is 2.88. The highest BCUT2D eigenvalue weighted by atomic mass is 14.9. The van der Waals surface area contributed by atoms with Crippen molar-refractivity contribution in [1.82, 2.24) is 10.3 Å². The fourth-order valence-electron chi connectivity index (χ4n) is 2.35. The zero-order chi connectivity index (χ0) is 9.38. The third kappa shape index (κ3) is 1.15. The molecule has 72 valence electrons. The van der Waals surface area contributed by atoms with E-state index in [1.807, 2.05) is 6.20 Å². The minimum Gasteiger partial charge on any atom is -0.361 e. The van der Waals surface area contributed by atoms with E-state index in [1.165, 1.54) is 29.3 Å². The average molecular weight is 186 g/mol. The van der Waals surface area contributed by atoms with E-state index in [9.17, 15) is 0 Å². The third-order valence-electron chi connectivity index (χ3n) is 3.06. The van der Waals surface area contributed by atoms with Gasteiger partial charge in [-0.25, -0.2) is 0 Å². The molecule has 14 heavy (non-hydrogen) atoms. The molecule has 0 amide bonds. The summed E-state index contributed by atoms with van der Waals surface area (Å²) in [5, 5.41) is 4.85. The molecule has 2 aromatic rings. The van der Waals surface area contributed by atoms with Crippen molar-refractivity contribution in [3.05, 3.63) is 36.0 Å². The van der Waals surface area contributed by atoms with Gasteiger partial charge in [0.15, 0.2) is 0 Å². The molecule has 2 nitrogen and oxygen atoms in total. The number of fused-ring (bicyclic) bond motifs is 1. The fraction of sp³-hybridized carbons (Fsp3) is 0.333. The summed E-state index contributed by atoms with van der Waals surface area (Å²) >= 11 is 0. The monoisotopic (exact) mass is 186 g/mol. The highest BCUT2D eigenvalue weighted by Crippen LogP contribution is 2.28. The number of rotatable bonds is 1. The van der Waals surface area contributed by atoms with Gasteiger partial charge >= 0.3 is 0 Å². The van der Waals surface area contributed by atoms with Gasteiger partial charge in [-0.1, -0.05) is 18.2 Å². The second-order valence-corrected chi connectivity index (χ2v) is 3.94. The summed E-state index contributed by atoms with van der Waals surface area (Å²) < 4.78 is 0. The largest absolute Gasteiger partial charge is 0.361 e. The van der Waals surface area contributed by atoms with Crippen molar-refractivity contribution in [3.8, 4) is 0 Å². The fourth-order valence-corrected chi connectivity index (χ4v) is 2.35. The Morgan fingerprint density at radius 1 is 1.21 bits per heavy atom. The molecule has 1 aliphatic rings. The van der Waals surface area contributed by atoms with Crippen LogP contribution in [0.25, 0.3) is 10.9 Å². The molecule has 1 aromatic carbocycles. The van der Waals surface area contributed by atoms with Crippen LogP contribution < -0.4 is 5.32 Å². The van der Waals surface area contributed by atoms with Crippen molar-refractivity contribution < 1.29 is 0 Å². The number of aromatic nitrogens is 1. The van der Waals surface area contributed by atoms with Crippen LogP contribution in [-0.4, -0.2) is 11.5 Å². The SMILES string of the molecule is c1cc(C2CCCN2)c2[nH]ccc2c1. The Kier molecular flexibility index (Phi) is 1.81. The summed E-state index contributed by atoms with van der Waals surface area (Å²) in [5.41, 5.74) is 2.72. The van der Waals surface area contributed by atoms with Gasteiger partial charge < -0.3 is 10.3 Å². The summed E-state index contributed by atoms with van der Waals surface area (Å²) in [5.74, 6) is 0. The Morgan fingerprint density at radius 2 is 2.21 bits per heavy atom. The van der Waals surface area contributed by atoms with Gasteiger partial charge in [0.25, 0.3) is 0 Å². The van der Waals surface area contributed by atoms with Crippen molar-refractivity contribution in [2.75, 3.05) is 6.54 Å². The first-order chi connectivity index (χ1) is 6.95. The Labute approximate surface area is 83.3 Å². The summed E-state index contributed by atoms with van der Waals surface area (Å²) in [6, 6.07) is 9.21. The number of para-hydroxylation sites is 1. The van der Waals surface area contributed by atoms with Crippen LogP contribution in [0.5, 0.6) is 0 Å². The van der Waals surface area contributed by atoms with Crippen molar-refractivity contribution in [2.45, 2.75) is 18.9 Å². The zero-order valence-corrected chi connectivity index (χ0v) is 8.09. The van der Waals surface area contributed by atoms with Crippen LogP contribution in [0.2, 0.25) is 0 Å². The molecular formula is C12H14N2. The second-order valence-electron chi connectivity index (χ2n) is 3.94. The molecule has 0 spiro atoms. The molecule has 0 radical (unpaired) electrons. The predicted molar refractivity (Wildman–Crippen MR) is 58.3 cm³/mol. The Bertz CT molecular complexity index is 438. The Hall–Kier alpha value is -1.28. The molecule has 0 saturated carbocycles. The van der Waals surface area contributed by atoms with E-state index >= 15 is 0 Å². The van der Waals surface area contributed by atoms with Crippen LogP contribution in [0.1, 0.15) is 24.4 Å². The second kappa shape index (κ2) is 3.14. The number of H-pyrrole nitrogens is 1. The molecule has 2 heterocycles. The third-order valence-corrected chi connectivity index (χ3v) is 3.06. The first kappa shape index (κ1) is 8.06. The van der Waals surface area contributed by atoms with Gasteiger partial charge in [0.05, 0.1) is 5.52 Å². The molecule has 0 bridgehead atoms. The number of aromatic amines is 1. The van der Waals surface area contributed by atoms with Gasteiger partial charge in [-0.05, 0) is 36.4 Å². The maximum Gasteiger partial charge on any atom is 0.0502 e. The van der Waals surface area contributed by atoms with Crippen LogP contribution in [0.3, 0.4) is 0 Å². The first-order valence-corrected chi connectivity index (χ1v) is 5.24. The van der Waals surface area contributed by atoms with Crippen LogP contribution in [-0.2, 0) is 0 Å². The van der Waals surface area contributed by atoms with Crippen LogP contribution in [0.15, 0.2) is 30.5 Å². The lowest BCUT2D eigenvalue weighted by atomic mass is 10.0. The molecule has 1 atom stereocenters. The summed E-state index contributed by atoms with van der Waals surface area (Å²) in [6.45, 7) is 1.15. The van der Waals surface area contributed by atoms with Crippen LogP contribution in [0.4, 0.5) is 0 Å². The number of hydrogen-bond donors (Lipinski definition) is 2. The number of nitrogens with one attached hydrogen (secondary N) is 2. The minimum absolute atomic E-state index is 0.553. The van der Waals surface area contributed by atoms with Gasteiger partial charge in [0, 0.05) is 12.2 Å².